The first-order valence-electron chi connectivity index (χ1n) is 4.42. The standard InChI is InChI=1S/C10H11ClO4S/c1-7-3-4-8(5-9(7)11)16(13,14)6-10(12)15-2/h3-5H,6H2,1-2H3. The molecule has 0 aliphatic carbocycles. The topological polar surface area (TPSA) is 60.4 Å². The largest absolute Gasteiger partial charge is 0.468 e. The van der Waals surface area contributed by atoms with Gasteiger partial charge < -0.3 is 4.74 Å². The Hall–Kier alpha value is -1.07. The molecule has 1 aromatic carbocycles. The Labute approximate surface area is 99.1 Å². The average molecular weight is 263 g/mol. The zero-order chi connectivity index (χ0) is 12.3. The normalized spacial score (nSPS) is 11.2. The summed E-state index contributed by atoms with van der Waals surface area (Å²) in [6.07, 6.45) is 0. The van der Waals surface area contributed by atoms with Gasteiger partial charge in [-0.15, -0.1) is 0 Å². The third-order valence-corrected chi connectivity index (χ3v) is 4.03. The summed E-state index contributed by atoms with van der Waals surface area (Å²) >= 11 is 5.81. The zero-order valence-corrected chi connectivity index (χ0v) is 10.4. The van der Waals surface area contributed by atoms with Crippen molar-refractivity contribution in [3.8, 4) is 0 Å². The van der Waals surface area contributed by atoms with Crippen molar-refractivity contribution in [2.45, 2.75) is 11.8 Å². The van der Waals surface area contributed by atoms with Gasteiger partial charge in [-0.05, 0) is 24.6 Å². The number of benzene rings is 1. The van der Waals surface area contributed by atoms with E-state index in [0.29, 0.717) is 5.02 Å². The van der Waals surface area contributed by atoms with Gasteiger partial charge in [-0.3, -0.25) is 4.79 Å². The van der Waals surface area contributed by atoms with E-state index in [4.69, 9.17) is 11.6 Å². The van der Waals surface area contributed by atoms with Crippen molar-refractivity contribution >= 4 is 27.4 Å². The van der Waals surface area contributed by atoms with Gasteiger partial charge in [0.2, 0.25) is 0 Å². The number of methoxy groups -OCH3 is 1. The number of aryl methyl sites for hydroxylation is 1. The van der Waals surface area contributed by atoms with Crippen molar-refractivity contribution in [2.75, 3.05) is 12.9 Å². The summed E-state index contributed by atoms with van der Waals surface area (Å²) in [5, 5.41) is 0.353. The fourth-order valence-electron chi connectivity index (χ4n) is 1.06. The second kappa shape index (κ2) is 4.84. The smallest absolute Gasteiger partial charge is 0.321 e. The maximum atomic E-state index is 11.7. The molecule has 0 N–H and O–H groups in total. The summed E-state index contributed by atoms with van der Waals surface area (Å²) in [6, 6.07) is 4.33. The molecule has 1 aromatic rings. The third kappa shape index (κ3) is 2.96. The molecule has 0 heterocycles. The lowest BCUT2D eigenvalue weighted by atomic mass is 10.2. The van der Waals surface area contributed by atoms with Gasteiger partial charge >= 0.3 is 5.97 Å². The minimum atomic E-state index is -3.67. The average Bonchev–Trinajstić information content (AvgIpc) is 2.21. The molecule has 0 unspecified atom stereocenters. The van der Waals surface area contributed by atoms with Crippen molar-refractivity contribution in [1.29, 1.82) is 0 Å². The fourth-order valence-corrected chi connectivity index (χ4v) is 2.48. The highest BCUT2D eigenvalue weighted by atomic mass is 35.5. The van der Waals surface area contributed by atoms with Crippen LogP contribution >= 0.6 is 11.6 Å². The van der Waals surface area contributed by atoms with Crippen LogP contribution < -0.4 is 0 Å². The van der Waals surface area contributed by atoms with Gasteiger partial charge in [0, 0.05) is 5.02 Å². The Balaban J connectivity index is 3.08. The first kappa shape index (κ1) is 13.0. The molecule has 0 aliphatic heterocycles. The van der Waals surface area contributed by atoms with Crippen molar-refractivity contribution < 1.29 is 17.9 Å². The number of carbonyl (C=O) groups excluding carboxylic acids is 1. The lowest BCUT2D eigenvalue weighted by Gasteiger charge is -2.05. The predicted molar refractivity (Wildman–Crippen MR) is 60.3 cm³/mol. The molecule has 16 heavy (non-hydrogen) atoms. The van der Waals surface area contributed by atoms with Gasteiger partial charge in [-0.25, -0.2) is 8.42 Å². The van der Waals surface area contributed by atoms with Gasteiger partial charge in [0.15, 0.2) is 15.6 Å². The summed E-state index contributed by atoms with van der Waals surface area (Å²) in [6.45, 7) is 1.76. The molecular weight excluding hydrogens is 252 g/mol. The highest BCUT2D eigenvalue weighted by molar-refractivity contribution is 7.92. The Morgan fingerprint density at radius 3 is 2.56 bits per heavy atom. The van der Waals surface area contributed by atoms with E-state index in [1.165, 1.54) is 12.1 Å². The molecule has 4 nitrogen and oxygen atoms in total. The minimum Gasteiger partial charge on any atom is -0.468 e. The Morgan fingerprint density at radius 2 is 2.06 bits per heavy atom. The molecule has 0 atom stereocenters. The SMILES string of the molecule is COC(=O)CS(=O)(=O)c1ccc(C)c(Cl)c1. The van der Waals surface area contributed by atoms with Crippen LogP contribution in [0.5, 0.6) is 0 Å². The molecule has 0 radical (unpaired) electrons. The molecular formula is C10H11ClO4S. The van der Waals surface area contributed by atoms with Gasteiger partial charge in [0.25, 0.3) is 0 Å². The molecule has 0 amide bonds. The summed E-state index contributed by atoms with van der Waals surface area (Å²) < 4.78 is 27.7. The van der Waals surface area contributed by atoms with E-state index in [2.05, 4.69) is 4.74 Å². The van der Waals surface area contributed by atoms with Crippen molar-refractivity contribution in [3.63, 3.8) is 0 Å². The van der Waals surface area contributed by atoms with Crippen LogP contribution in [-0.4, -0.2) is 27.2 Å². The molecule has 6 heteroatoms. The van der Waals surface area contributed by atoms with Crippen LogP contribution in [-0.2, 0) is 19.4 Å². The molecule has 0 bridgehead atoms. The van der Waals surface area contributed by atoms with Crippen molar-refractivity contribution in [1.82, 2.24) is 0 Å². The Morgan fingerprint density at radius 1 is 1.44 bits per heavy atom. The van der Waals surface area contributed by atoms with Gasteiger partial charge in [-0.1, -0.05) is 17.7 Å². The van der Waals surface area contributed by atoms with Gasteiger partial charge in [0.05, 0.1) is 12.0 Å². The number of halogens is 1. The van der Waals surface area contributed by atoms with Crippen molar-refractivity contribution in [3.05, 3.63) is 28.8 Å². The fraction of sp³-hybridized carbons (Fsp3) is 0.300. The summed E-state index contributed by atoms with van der Waals surface area (Å²) in [4.78, 5) is 10.9. The maximum absolute atomic E-state index is 11.7. The van der Waals surface area contributed by atoms with Crippen LogP contribution in [0.25, 0.3) is 0 Å². The number of carbonyl (C=O) groups is 1. The molecule has 1 rings (SSSR count). The van der Waals surface area contributed by atoms with Gasteiger partial charge in [0.1, 0.15) is 0 Å². The van der Waals surface area contributed by atoms with E-state index < -0.39 is 21.6 Å². The number of hydrogen-bond donors (Lipinski definition) is 0. The van der Waals surface area contributed by atoms with E-state index in [0.717, 1.165) is 12.7 Å². The highest BCUT2D eigenvalue weighted by Crippen LogP contribution is 2.20. The molecule has 0 aliphatic rings. The van der Waals surface area contributed by atoms with Crippen LogP contribution in [0, 0.1) is 6.92 Å². The molecule has 0 saturated heterocycles. The minimum absolute atomic E-state index is 0.0218. The highest BCUT2D eigenvalue weighted by Gasteiger charge is 2.20. The Bertz CT molecular complexity index is 508. The number of ether oxygens (including phenoxy) is 1. The second-order valence-electron chi connectivity index (χ2n) is 3.25. The molecule has 0 aromatic heterocycles. The molecule has 0 spiro atoms. The van der Waals surface area contributed by atoms with Crippen LogP contribution in [0.4, 0.5) is 0 Å². The molecule has 0 fully saturated rings. The predicted octanol–water partition coefficient (Wildman–Crippen LogP) is 1.60. The van der Waals surface area contributed by atoms with E-state index in [9.17, 15) is 13.2 Å². The Kier molecular flexibility index (Phi) is 3.93. The van der Waals surface area contributed by atoms with Crippen LogP contribution in [0.15, 0.2) is 23.1 Å². The number of hydrogen-bond acceptors (Lipinski definition) is 4. The van der Waals surface area contributed by atoms with Crippen LogP contribution in [0.1, 0.15) is 5.56 Å². The van der Waals surface area contributed by atoms with E-state index in [-0.39, 0.29) is 4.90 Å². The maximum Gasteiger partial charge on any atom is 0.321 e. The van der Waals surface area contributed by atoms with Crippen LogP contribution in [0.2, 0.25) is 5.02 Å². The molecule has 0 saturated carbocycles. The van der Waals surface area contributed by atoms with Gasteiger partial charge in [-0.2, -0.15) is 0 Å². The zero-order valence-electron chi connectivity index (χ0n) is 8.86. The van der Waals surface area contributed by atoms with E-state index in [1.54, 1.807) is 13.0 Å². The number of rotatable bonds is 3. The van der Waals surface area contributed by atoms with E-state index in [1.807, 2.05) is 0 Å². The summed E-state index contributed by atoms with van der Waals surface area (Å²) in [5.74, 6) is -1.47. The number of esters is 1. The first-order chi connectivity index (χ1) is 7.36. The monoisotopic (exact) mass is 262 g/mol. The lowest BCUT2D eigenvalue weighted by molar-refractivity contribution is -0.137. The quantitative estimate of drug-likeness (QED) is 0.777. The van der Waals surface area contributed by atoms with Crippen LogP contribution in [0.3, 0.4) is 0 Å². The molecule has 88 valence electrons. The third-order valence-electron chi connectivity index (χ3n) is 2.04. The number of sulfone groups is 1. The van der Waals surface area contributed by atoms with Crippen molar-refractivity contribution in [2.24, 2.45) is 0 Å². The second-order valence-corrected chi connectivity index (χ2v) is 5.64. The first-order valence-corrected chi connectivity index (χ1v) is 6.45. The summed E-state index contributed by atoms with van der Waals surface area (Å²) in [7, 11) is -2.53. The lowest BCUT2D eigenvalue weighted by Crippen LogP contribution is -2.17. The van der Waals surface area contributed by atoms with E-state index >= 15 is 0 Å². The summed E-state index contributed by atoms with van der Waals surface area (Å²) in [5.41, 5.74) is 0.777.